The van der Waals surface area contributed by atoms with Crippen molar-refractivity contribution in [1.82, 2.24) is 0 Å². The Morgan fingerprint density at radius 1 is 1.50 bits per heavy atom. The average molecular weight is 222 g/mol. The molecule has 14 heavy (non-hydrogen) atoms. The van der Waals surface area contributed by atoms with Crippen LogP contribution in [0.1, 0.15) is 39.0 Å². The standard InChI is InChI=1S/C10H19NO2.ClH/c1-8-2-4-10(7-11,5-3-8)6-9(12)13;/h8H,2-7,11H2,1H3,(H,12,13);1H. The van der Waals surface area contributed by atoms with Gasteiger partial charge in [-0.05, 0) is 30.7 Å². The molecule has 0 aliphatic heterocycles. The van der Waals surface area contributed by atoms with Crippen molar-refractivity contribution in [3.8, 4) is 0 Å². The summed E-state index contributed by atoms with van der Waals surface area (Å²) >= 11 is 0. The molecule has 1 aliphatic carbocycles. The summed E-state index contributed by atoms with van der Waals surface area (Å²) in [6.07, 6.45) is 4.47. The molecule has 0 amide bonds. The first-order valence-electron chi connectivity index (χ1n) is 5.00. The monoisotopic (exact) mass is 221 g/mol. The number of carboxylic acids is 1. The van der Waals surface area contributed by atoms with Gasteiger partial charge in [-0.1, -0.05) is 19.8 Å². The van der Waals surface area contributed by atoms with Crippen LogP contribution < -0.4 is 5.73 Å². The lowest BCUT2D eigenvalue weighted by molar-refractivity contribution is -0.140. The first-order valence-corrected chi connectivity index (χ1v) is 5.00. The fourth-order valence-corrected chi connectivity index (χ4v) is 2.15. The third kappa shape index (κ3) is 3.46. The van der Waals surface area contributed by atoms with Crippen LogP contribution in [0.2, 0.25) is 0 Å². The van der Waals surface area contributed by atoms with Gasteiger partial charge in [0.2, 0.25) is 0 Å². The van der Waals surface area contributed by atoms with Crippen LogP contribution in [0.4, 0.5) is 0 Å². The Labute approximate surface area is 91.5 Å². The maximum atomic E-state index is 10.7. The van der Waals surface area contributed by atoms with Crippen molar-refractivity contribution in [3.63, 3.8) is 0 Å². The second-order valence-corrected chi connectivity index (χ2v) is 4.46. The van der Waals surface area contributed by atoms with Gasteiger partial charge in [-0.25, -0.2) is 0 Å². The highest BCUT2D eigenvalue weighted by Gasteiger charge is 2.34. The van der Waals surface area contributed by atoms with Crippen molar-refractivity contribution in [2.45, 2.75) is 39.0 Å². The van der Waals surface area contributed by atoms with Gasteiger partial charge in [0.1, 0.15) is 0 Å². The second-order valence-electron chi connectivity index (χ2n) is 4.46. The SMILES string of the molecule is CC1CCC(CN)(CC(=O)O)CC1.Cl. The van der Waals surface area contributed by atoms with E-state index in [9.17, 15) is 4.79 Å². The van der Waals surface area contributed by atoms with Crippen LogP contribution in [0.15, 0.2) is 0 Å². The minimum Gasteiger partial charge on any atom is -0.481 e. The molecule has 0 aromatic carbocycles. The molecule has 84 valence electrons. The van der Waals surface area contributed by atoms with Crippen LogP contribution in [0.25, 0.3) is 0 Å². The molecule has 0 radical (unpaired) electrons. The molecule has 1 fully saturated rings. The van der Waals surface area contributed by atoms with Crippen LogP contribution in [-0.4, -0.2) is 17.6 Å². The summed E-state index contributed by atoms with van der Waals surface area (Å²) in [5.74, 6) is 0.0356. The average Bonchev–Trinajstić information content (AvgIpc) is 2.09. The number of carboxylic acid groups (broad SMARTS) is 1. The van der Waals surface area contributed by atoms with E-state index in [0.717, 1.165) is 31.6 Å². The van der Waals surface area contributed by atoms with Gasteiger partial charge in [-0.15, -0.1) is 12.4 Å². The zero-order valence-corrected chi connectivity index (χ0v) is 9.48. The molecular formula is C10H20ClNO2. The molecule has 0 aromatic rings. The first-order chi connectivity index (χ1) is 6.08. The highest BCUT2D eigenvalue weighted by Crippen LogP contribution is 2.40. The summed E-state index contributed by atoms with van der Waals surface area (Å²) in [4.78, 5) is 10.7. The molecule has 1 saturated carbocycles. The first kappa shape index (κ1) is 13.7. The second kappa shape index (κ2) is 5.56. The number of rotatable bonds is 3. The smallest absolute Gasteiger partial charge is 0.303 e. The van der Waals surface area contributed by atoms with Crippen LogP contribution in [0.5, 0.6) is 0 Å². The third-order valence-corrected chi connectivity index (χ3v) is 3.29. The minimum atomic E-state index is -0.708. The van der Waals surface area contributed by atoms with E-state index in [2.05, 4.69) is 6.92 Å². The van der Waals surface area contributed by atoms with Crippen molar-refractivity contribution < 1.29 is 9.90 Å². The fourth-order valence-electron chi connectivity index (χ4n) is 2.15. The topological polar surface area (TPSA) is 63.3 Å². The predicted octanol–water partition coefficient (Wildman–Crippen LogP) is 2.04. The normalized spacial score (nSPS) is 32.0. The van der Waals surface area contributed by atoms with Crippen molar-refractivity contribution in [2.24, 2.45) is 17.1 Å². The molecule has 3 nitrogen and oxygen atoms in total. The molecule has 0 atom stereocenters. The fraction of sp³-hybridized carbons (Fsp3) is 0.900. The molecule has 3 N–H and O–H groups in total. The lowest BCUT2D eigenvalue weighted by atomic mass is 9.69. The van der Waals surface area contributed by atoms with E-state index in [1.807, 2.05) is 0 Å². The Morgan fingerprint density at radius 3 is 2.36 bits per heavy atom. The maximum Gasteiger partial charge on any atom is 0.303 e. The molecule has 0 aromatic heterocycles. The van der Waals surface area contributed by atoms with Gasteiger partial charge in [0, 0.05) is 0 Å². The van der Waals surface area contributed by atoms with E-state index in [1.165, 1.54) is 0 Å². The van der Waals surface area contributed by atoms with Crippen molar-refractivity contribution in [3.05, 3.63) is 0 Å². The van der Waals surface area contributed by atoms with Crippen LogP contribution in [0.3, 0.4) is 0 Å². The van der Waals surface area contributed by atoms with E-state index in [4.69, 9.17) is 10.8 Å². The number of carbonyl (C=O) groups is 1. The molecule has 0 heterocycles. The summed E-state index contributed by atoms with van der Waals surface area (Å²) < 4.78 is 0. The van der Waals surface area contributed by atoms with E-state index in [-0.39, 0.29) is 24.2 Å². The largest absolute Gasteiger partial charge is 0.481 e. The van der Waals surface area contributed by atoms with Crippen LogP contribution >= 0.6 is 12.4 Å². The minimum absolute atomic E-state index is 0. The summed E-state index contributed by atoms with van der Waals surface area (Å²) in [5.41, 5.74) is 5.57. The number of aliphatic carboxylic acids is 1. The third-order valence-electron chi connectivity index (χ3n) is 3.29. The molecule has 0 spiro atoms. The number of halogens is 1. The Bertz CT molecular complexity index is 189. The zero-order chi connectivity index (χ0) is 9.90. The maximum absolute atomic E-state index is 10.7. The molecule has 4 heteroatoms. The Kier molecular flexibility index (Phi) is 5.45. The predicted molar refractivity (Wildman–Crippen MR) is 58.6 cm³/mol. The summed E-state index contributed by atoms with van der Waals surface area (Å²) in [6.45, 7) is 2.74. The molecule has 0 unspecified atom stereocenters. The summed E-state index contributed by atoms with van der Waals surface area (Å²) in [7, 11) is 0. The quantitative estimate of drug-likeness (QED) is 0.767. The molecule has 1 rings (SSSR count). The Balaban J connectivity index is 0.00000169. The van der Waals surface area contributed by atoms with E-state index in [1.54, 1.807) is 0 Å². The molecule has 1 aliphatic rings. The summed E-state index contributed by atoms with van der Waals surface area (Å²) in [6, 6.07) is 0. The number of hydrogen-bond acceptors (Lipinski definition) is 2. The molecule has 0 saturated heterocycles. The lowest BCUT2D eigenvalue weighted by Gasteiger charge is -2.37. The van der Waals surface area contributed by atoms with Gasteiger partial charge in [0.25, 0.3) is 0 Å². The van der Waals surface area contributed by atoms with Gasteiger partial charge >= 0.3 is 5.97 Å². The van der Waals surface area contributed by atoms with Gasteiger partial charge in [0.15, 0.2) is 0 Å². The van der Waals surface area contributed by atoms with E-state index < -0.39 is 5.97 Å². The van der Waals surface area contributed by atoms with Crippen LogP contribution in [0, 0.1) is 11.3 Å². The number of nitrogens with two attached hydrogens (primary N) is 1. The Morgan fingerprint density at radius 2 is 2.00 bits per heavy atom. The van der Waals surface area contributed by atoms with Crippen LogP contribution in [-0.2, 0) is 4.79 Å². The van der Waals surface area contributed by atoms with Gasteiger partial charge in [-0.2, -0.15) is 0 Å². The van der Waals surface area contributed by atoms with Gasteiger partial charge in [-0.3, -0.25) is 4.79 Å². The highest BCUT2D eigenvalue weighted by molar-refractivity contribution is 5.85. The van der Waals surface area contributed by atoms with Gasteiger partial charge in [0.05, 0.1) is 6.42 Å². The van der Waals surface area contributed by atoms with E-state index in [0.29, 0.717) is 6.54 Å². The highest BCUT2D eigenvalue weighted by atomic mass is 35.5. The van der Waals surface area contributed by atoms with Crippen molar-refractivity contribution in [2.75, 3.05) is 6.54 Å². The zero-order valence-electron chi connectivity index (χ0n) is 8.66. The van der Waals surface area contributed by atoms with E-state index >= 15 is 0 Å². The van der Waals surface area contributed by atoms with Gasteiger partial charge < -0.3 is 10.8 Å². The lowest BCUT2D eigenvalue weighted by Crippen LogP contribution is -2.36. The van der Waals surface area contributed by atoms with Crippen molar-refractivity contribution in [1.29, 1.82) is 0 Å². The number of hydrogen-bond donors (Lipinski definition) is 2. The molecular weight excluding hydrogens is 202 g/mol. The summed E-state index contributed by atoms with van der Waals surface area (Å²) in [5, 5.41) is 8.77. The van der Waals surface area contributed by atoms with Crippen molar-refractivity contribution >= 4 is 18.4 Å². The molecule has 0 bridgehead atoms. The Hall–Kier alpha value is -0.280.